The highest BCUT2D eigenvalue weighted by atomic mass is 16.2. The molecule has 2 aromatic rings. The fourth-order valence-electron chi connectivity index (χ4n) is 5.08. The number of rotatable bonds is 3. The fraction of sp³-hybridized carbons (Fsp3) is 0.560. The van der Waals surface area contributed by atoms with E-state index in [2.05, 4.69) is 16.7 Å². The molecule has 2 fully saturated rings. The van der Waals surface area contributed by atoms with Crippen molar-refractivity contribution in [1.82, 2.24) is 14.9 Å². The van der Waals surface area contributed by atoms with Crippen LogP contribution in [0.25, 0.3) is 0 Å². The molecule has 4 heterocycles. The molecule has 1 aromatic carbocycles. The van der Waals surface area contributed by atoms with Crippen LogP contribution >= 0.6 is 0 Å². The summed E-state index contributed by atoms with van der Waals surface area (Å²) < 4.78 is 0. The van der Waals surface area contributed by atoms with E-state index < -0.39 is 0 Å². The summed E-state index contributed by atoms with van der Waals surface area (Å²) in [6.07, 6.45) is 5.63. The van der Waals surface area contributed by atoms with Gasteiger partial charge in [-0.1, -0.05) is 25.1 Å². The highest BCUT2D eigenvalue weighted by molar-refractivity contribution is 5.95. The number of aryl methyl sites for hydroxylation is 1. The maximum atomic E-state index is 13.3. The van der Waals surface area contributed by atoms with Gasteiger partial charge in [0.15, 0.2) is 0 Å². The summed E-state index contributed by atoms with van der Waals surface area (Å²) >= 11 is 0. The van der Waals surface area contributed by atoms with Crippen molar-refractivity contribution >= 4 is 17.7 Å². The number of nitrogens with zero attached hydrogens (tertiary/aromatic N) is 5. The van der Waals surface area contributed by atoms with Gasteiger partial charge >= 0.3 is 0 Å². The van der Waals surface area contributed by atoms with E-state index in [-0.39, 0.29) is 5.91 Å². The standard InChI is InChI=1S/C25H33N5O/c1-18-9-14-28(15-10-18)23-21-17-30(24(31)20-8-4-3-7-19(20)2)16-11-22(21)26-25(27-23)29-12-5-6-13-29/h3-4,7-8,18H,5-6,9-17H2,1-2H3. The minimum Gasteiger partial charge on any atom is -0.356 e. The molecule has 0 saturated carbocycles. The molecular weight excluding hydrogens is 386 g/mol. The van der Waals surface area contributed by atoms with Gasteiger partial charge in [-0.05, 0) is 50.2 Å². The Bertz CT molecular complexity index is 960. The molecule has 0 unspecified atom stereocenters. The molecule has 0 N–H and O–H groups in total. The summed E-state index contributed by atoms with van der Waals surface area (Å²) in [6, 6.07) is 7.88. The molecule has 0 spiro atoms. The number of benzene rings is 1. The molecule has 164 valence electrons. The van der Waals surface area contributed by atoms with E-state index in [0.717, 1.165) is 72.7 Å². The van der Waals surface area contributed by atoms with Gasteiger partial charge in [0.2, 0.25) is 5.95 Å². The fourth-order valence-corrected chi connectivity index (χ4v) is 5.08. The van der Waals surface area contributed by atoms with Gasteiger partial charge in [-0.2, -0.15) is 4.98 Å². The molecule has 1 aromatic heterocycles. The average Bonchev–Trinajstić information content (AvgIpc) is 3.33. The topological polar surface area (TPSA) is 52.6 Å². The highest BCUT2D eigenvalue weighted by Gasteiger charge is 2.31. The van der Waals surface area contributed by atoms with Crippen molar-refractivity contribution in [2.45, 2.75) is 52.5 Å². The van der Waals surface area contributed by atoms with Crippen LogP contribution in [-0.2, 0) is 13.0 Å². The zero-order valence-corrected chi connectivity index (χ0v) is 18.8. The van der Waals surface area contributed by atoms with Crippen LogP contribution in [0.3, 0.4) is 0 Å². The van der Waals surface area contributed by atoms with Gasteiger partial charge in [0.05, 0.1) is 12.2 Å². The summed E-state index contributed by atoms with van der Waals surface area (Å²) in [6.45, 7) is 9.84. The Balaban J connectivity index is 1.48. The molecule has 0 radical (unpaired) electrons. The number of anilines is 2. The Labute approximate surface area is 185 Å². The quantitative estimate of drug-likeness (QED) is 0.757. The molecular formula is C25H33N5O. The molecule has 3 aliphatic heterocycles. The predicted octanol–water partition coefficient (Wildman–Crippen LogP) is 3.82. The second-order valence-corrected chi connectivity index (χ2v) is 9.43. The SMILES string of the molecule is Cc1ccccc1C(=O)N1CCc2nc(N3CCCC3)nc(N3CCC(C)CC3)c2C1. The Morgan fingerprint density at radius 3 is 2.45 bits per heavy atom. The number of fused-ring (bicyclic) bond motifs is 1. The lowest BCUT2D eigenvalue weighted by Crippen LogP contribution is -2.40. The van der Waals surface area contributed by atoms with Crippen molar-refractivity contribution in [3.63, 3.8) is 0 Å². The lowest BCUT2D eigenvalue weighted by atomic mass is 9.98. The van der Waals surface area contributed by atoms with Gasteiger partial charge in [-0.25, -0.2) is 4.98 Å². The van der Waals surface area contributed by atoms with E-state index in [4.69, 9.17) is 9.97 Å². The normalized spacial score (nSPS) is 19.6. The third-order valence-corrected chi connectivity index (χ3v) is 7.16. The predicted molar refractivity (Wildman–Crippen MR) is 124 cm³/mol. The number of carbonyl (C=O) groups excluding carboxylic acids is 1. The number of hydrogen-bond donors (Lipinski definition) is 0. The van der Waals surface area contributed by atoms with Crippen LogP contribution in [-0.4, -0.2) is 53.5 Å². The first-order valence-electron chi connectivity index (χ1n) is 11.8. The molecule has 5 rings (SSSR count). The molecule has 2 saturated heterocycles. The van der Waals surface area contributed by atoms with Crippen LogP contribution in [0.1, 0.15) is 59.8 Å². The van der Waals surface area contributed by atoms with E-state index in [1.165, 1.54) is 25.7 Å². The van der Waals surface area contributed by atoms with Crippen LogP contribution in [0.2, 0.25) is 0 Å². The second-order valence-electron chi connectivity index (χ2n) is 9.43. The monoisotopic (exact) mass is 419 g/mol. The lowest BCUT2D eigenvalue weighted by Gasteiger charge is -2.36. The molecule has 0 bridgehead atoms. The average molecular weight is 420 g/mol. The molecule has 31 heavy (non-hydrogen) atoms. The van der Waals surface area contributed by atoms with E-state index in [1.807, 2.05) is 36.1 Å². The molecule has 3 aliphatic rings. The van der Waals surface area contributed by atoms with Gasteiger partial charge in [0.25, 0.3) is 5.91 Å². The molecule has 0 atom stereocenters. The zero-order valence-electron chi connectivity index (χ0n) is 18.8. The largest absolute Gasteiger partial charge is 0.356 e. The first kappa shape index (κ1) is 20.3. The summed E-state index contributed by atoms with van der Waals surface area (Å²) in [5.41, 5.74) is 4.13. The summed E-state index contributed by atoms with van der Waals surface area (Å²) in [5.74, 6) is 2.85. The number of carbonyl (C=O) groups is 1. The summed E-state index contributed by atoms with van der Waals surface area (Å²) in [5, 5.41) is 0. The number of hydrogen-bond acceptors (Lipinski definition) is 5. The Morgan fingerprint density at radius 2 is 1.71 bits per heavy atom. The van der Waals surface area contributed by atoms with Gasteiger partial charge in [-0.15, -0.1) is 0 Å². The number of piperidine rings is 1. The third-order valence-electron chi connectivity index (χ3n) is 7.16. The number of aromatic nitrogens is 2. The third kappa shape index (κ3) is 4.00. The van der Waals surface area contributed by atoms with Crippen molar-refractivity contribution in [3.8, 4) is 0 Å². The summed E-state index contributed by atoms with van der Waals surface area (Å²) in [4.78, 5) is 30.2. The first-order valence-corrected chi connectivity index (χ1v) is 11.8. The first-order chi connectivity index (χ1) is 15.1. The zero-order chi connectivity index (χ0) is 21.4. The molecule has 0 aliphatic carbocycles. The Kier molecular flexibility index (Phi) is 5.55. The Morgan fingerprint density at radius 1 is 0.968 bits per heavy atom. The number of amides is 1. The minimum absolute atomic E-state index is 0.116. The van der Waals surface area contributed by atoms with Crippen LogP contribution < -0.4 is 9.80 Å². The van der Waals surface area contributed by atoms with E-state index in [9.17, 15) is 4.79 Å². The van der Waals surface area contributed by atoms with Crippen LogP contribution in [0, 0.1) is 12.8 Å². The Hall–Kier alpha value is -2.63. The minimum atomic E-state index is 0.116. The van der Waals surface area contributed by atoms with Gasteiger partial charge in [-0.3, -0.25) is 4.79 Å². The maximum absolute atomic E-state index is 13.3. The van der Waals surface area contributed by atoms with Crippen molar-refractivity contribution in [2.75, 3.05) is 42.5 Å². The van der Waals surface area contributed by atoms with E-state index in [1.54, 1.807) is 0 Å². The molecule has 6 nitrogen and oxygen atoms in total. The van der Waals surface area contributed by atoms with E-state index in [0.29, 0.717) is 13.1 Å². The highest BCUT2D eigenvalue weighted by Crippen LogP contribution is 2.33. The summed E-state index contributed by atoms with van der Waals surface area (Å²) in [7, 11) is 0. The van der Waals surface area contributed by atoms with Crippen molar-refractivity contribution in [3.05, 3.63) is 46.6 Å². The van der Waals surface area contributed by atoms with E-state index >= 15 is 0 Å². The van der Waals surface area contributed by atoms with Gasteiger partial charge < -0.3 is 14.7 Å². The molecule has 1 amide bonds. The van der Waals surface area contributed by atoms with Gasteiger partial charge in [0.1, 0.15) is 5.82 Å². The second kappa shape index (κ2) is 8.48. The van der Waals surface area contributed by atoms with Crippen LogP contribution in [0.4, 0.5) is 11.8 Å². The smallest absolute Gasteiger partial charge is 0.254 e. The maximum Gasteiger partial charge on any atom is 0.254 e. The van der Waals surface area contributed by atoms with Crippen LogP contribution in [0.15, 0.2) is 24.3 Å². The van der Waals surface area contributed by atoms with Crippen molar-refractivity contribution in [1.29, 1.82) is 0 Å². The lowest BCUT2D eigenvalue weighted by molar-refractivity contribution is 0.0733. The molecule has 6 heteroatoms. The van der Waals surface area contributed by atoms with Crippen LogP contribution in [0.5, 0.6) is 0 Å². The van der Waals surface area contributed by atoms with Crippen molar-refractivity contribution in [2.24, 2.45) is 5.92 Å². The van der Waals surface area contributed by atoms with Crippen molar-refractivity contribution < 1.29 is 4.79 Å². The van der Waals surface area contributed by atoms with Gasteiger partial charge in [0, 0.05) is 50.3 Å².